The number of ether oxygens (including phenoxy) is 1. The Kier molecular flexibility index (Phi) is 4.23. The van der Waals surface area contributed by atoms with E-state index in [0.29, 0.717) is 11.3 Å². The maximum atomic E-state index is 13.4. The zero-order valence-corrected chi connectivity index (χ0v) is 15.3. The molecule has 3 saturated carbocycles. The van der Waals surface area contributed by atoms with Gasteiger partial charge in [-0.15, -0.1) is 11.3 Å². The van der Waals surface area contributed by atoms with E-state index >= 15 is 0 Å². The van der Waals surface area contributed by atoms with E-state index in [4.69, 9.17) is 16.3 Å². The molecule has 5 nitrogen and oxygen atoms in total. The van der Waals surface area contributed by atoms with Crippen LogP contribution in [0, 0.1) is 11.2 Å². The molecule has 1 N–H and O–H groups in total. The Labute approximate surface area is 158 Å². The number of hydrogen-bond donors (Lipinski definition) is 1. The number of thiazole rings is 1. The van der Waals surface area contributed by atoms with Crippen LogP contribution in [0.25, 0.3) is 0 Å². The van der Waals surface area contributed by atoms with Gasteiger partial charge in [-0.2, -0.15) is 0 Å². The second-order valence-corrected chi connectivity index (χ2v) is 8.50. The molecule has 2 aromatic rings. The minimum atomic E-state index is -0.574. The van der Waals surface area contributed by atoms with Gasteiger partial charge in [-0.25, -0.2) is 4.39 Å². The van der Waals surface area contributed by atoms with Gasteiger partial charge < -0.3 is 10.1 Å². The van der Waals surface area contributed by atoms with Crippen molar-refractivity contribution in [1.82, 2.24) is 10.3 Å². The highest BCUT2D eigenvalue weighted by atomic mass is 35.5. The largest absolute Gasteiger partial charge is 0.486 e. The third kappa shape index (κ3) is 3.21. The van der Waals surface area contributed by atoms with Crippen LogP contribution in [0.3, 0.4) is 0 Å². The van der Waals surface area contributed by atoms with Crippen LogP contribution >= 0.6 is 22.9 Å². The van der Waals surface area contributed by atoms with Crippen LogP contribution < -0.4 is 10.1 Å². The summed E-state index contributed by atoms with van der Waals surface area (Å²) in [6.07, 6.45) is 4.41. The highest BCUT2D eigenvalue weighted by molar-refractivity contribution is 7.11. The van der Waals surface area contributed by atoms with E-state index < -0.39 is 5.82 Å². The highest BCUT2D eigenvalue weighted by Gasteiger charge is 2.68. The molecule has 2 bridgehead atoms. The molecule has 3 fully saturated rings. The second kappa shape index (κ2) is 6.32. The molecular weight excluding hydrogens is 379 g/mol. The van der Waals surface area contributed by atoms with Gasteiger partial charge in [0.1, 0.15) is 23.1 Å². The number of carbonyl (C=O) groups is 2. The summed E-state index contributed by atoms with van der Waals surface area (Å²) in [5, 5.41) is 3.08. The summed E-state index contributed by atoms with van der Waals surface area (Å²) in [6.45, 7) is -0.0942. The fourth-order valence-corrected chi connectivity index (χ4v) is 4.78. The molecule has 1 amide bonds. The lowest BCUT2D eigenvalue weighted by Crippen LogP contribution is -2.75. The number of aromatic nitrogens is 1. The normalized spacial score (nSPS) is 25.8. The van der Waals surface area contributed by atoms with Gasteiger partial charge in [-0.05, 0) is 36.8 Å². The van der Waals surface area contributed by atoms with E-state index in [-0.39, 0.29) is 40.0 Å². The number of Topliss-reactive ketones (excluding diaryl/α,β-unsaturated/α-hetero) is 1. The summed E-state index contributed by atoms with van der Waals surface area (Å²) in [5.41, 5.74) is 1.44. The smallest absolute Gasteiger partial charge is 0.263 e. The van der Waals surface area contributed by atoms with Crippen molar-refractivity contribution in [1.29, 1.82) is 0 Å². The molecule has 0 unspecified atom stereocenters. The van der Waals surface area contributed by atoms with Crippen molar-refractivity contribution in [3.63, 3.8) is 0 Å². The number of nitrogens with one attached hydrogen (secondary N) is 1. The second-order valence-electron chi connectivity index (χ2n) is 7.21. The summed E-state index contributed by atoms with van der Waals surface area (Å²) in [6, 6.07) is 4.09. The number of amides is 1. The van der Waals surface area contributed by atoms with E-state index in [1.807, 2.05) is 0 Å². The number of hydrogen-bond acceptors (Lipinski definition) is 5. The Hall–Kier alpha value is -1.99. The van der Waals surface area contributed by atoms with Gasteiger partial charge in [-0.1, -0.05) is 11.6 Å². The van der Waals surface area contributed by atoms with E-state index in [9.17, 15) is 14.0 Å². The first-order chi connectivity index (χ1) is 12.4. The van der Waals surface area contributed by atoms with Gasteiger partial charge in [0.25, 0.3) is 5.91 Å². The third-order valence-electron chi connectivity index (χ3n) is 5.04. The molecule has 0 spiro atoms. The quantitative estimate of drug-likeness (QED) is 0.778. The average molecular weight is 395 g/mol. The number of halogens is 2. The molecule has 3 aliphatic rings. The maximum Gasteiger partial charge on any atom is 0.263 e. The predicted molar refractivity (Wildman–Crippen MR) is 95.1 cm³/mol. The summed E-state index contributed by atoms with van der Waals surface area (Å²) in [4.78, 5) is 28.8. The number of benzene rings is 1. The number of nitrogens with zero attached hydrogens (tertiary/aromatic N) is 1. The first-order valence-corrected chi connectivity index (χ1v) is 9.45. The zero-order valence-electron chi connectivity index (χ0n) is 13.8. The van der Waals surface area contributed by atoms with Crippen molar-refractivity contribution in [3.8, 4) is 5.75 Å². The molecular formula is C18H16ClFN2O3S. The molecule has 0 saturated heterocycles. The van der Waals surface area contributed by atoms with Crippen LogP contribution in [0.5, 0.6) is 5.75 Å². The lowest BCUT2D eigenvalue weighted by Gasteiger charge is -2.70. The standard InChI is InChI=1S/C18H16ClFN2O3S/c19-13-2-1-12(3-14(13)20)25-6-11(23)4-17-7-18(8-17,9-17)22-16(24)15-5-21-10-26-15/h1-3,5,10H,4,6-9H2,(H,22,24). The van der Waals surface area contributed by atoms with Gasteiger partial charge in [0.05, 0.1) is 16.7 Å². The van der Waals surface area contributed by atoms with E-state index in [1.54, 1.807) is 11.7 Å². The first-order valence-electron chi connectivity index (χ1n) is 8.19. The first kappa shape index (κ1) is 17.4. The third-order valence-corrected chi connectivity index (χ3v) is 6.12. The Balaban J connectivity index is 1.23. The molecule has 136 valence electrons. The molecule has 0 radical (unpaired) electrons. The predicted octanol–water partition coefficient (Wildman–Crippen LogP) is 3.63. The Bertz CT molecular complexity index is 852. The monoisotopic (exact) mass is 394 g/mol. The average Bonchev–Trinajstić information content (AvgIpc) is 3.07. The molecule has 3 aliphatic carbocycles. The van der Waals surface area contributed by atoms with Crippen molar-refractivity contribution in [3.05, 3.63) is 45.6 Å². The van der Waals surface area contributed by atoms with E-state index in [2.05, 4.69) is 10.3 Å². The summed E-state index contributed by atoms with van der Waals surface area (Å²) in [7, 11) is 0. The Morgan fingerprint density at radius 3 is 2.77 bits per heavy atom. The van der Waals surface area contributed by atoms with E-state index in [1.165, 1.54) is 29.5 Å². The molecule has 1 heterocycles. The van der Waals surface area contributed by atoms with Crippen molar-refractivity contribution in [2.75, 3.05) is 6.61 Å². The van der Waals surface area contributed by atoms with Crippen LogP contribution in [0.1, 0.15) is 35.4 Å². The molecule has 26 heavy (non-hydrogen) atoms. The molecule has 8 heteroatoms. The molecule has 5 rings (SSSR count). The van der Waals surface area contributed by atoms with Gasteiger partial charge in [0.2, 0.25) is 0 Å². The number of ketones is 1. The van der Waals surface area contributed by atoms with Crippen LogP contribution in [-0.4, -0.2) is 28.8 Å². The number of carbonyl (C=O) groups excluding carboxylic acids is 2. The topological polar surface area (TPSA) is 68.3 Å². The van der Waals surface area contributed by atoms with Crippen molar-refractivity contribution < 1.29 is 18.7 Å². The molecule has 1 aromatic heterocycles. The van der Waals surface area contributed by atoms with Gasteiger partial charge in [0, 0.05) is 18.0 Å². The van der Waals surface area contributed by atoms with Gasteiger partial charge >= 0.3 is 0 Å². The summed E-state index contributed by atoms with van der Waals surface area (Å²) >= 11 is 6.92. The van der Waals surface area contributed by atoms with Crippen LogP contribution in [0.4, 0.5) is 4.39 Å². The molecule has 1 aromatic carbocycles. The fourth-order valence-electron chi connectivity index (χ4n) is 4.15. The summed E-state index contributed by atoms with van der Waals surface area (Å²) in [5.74, 6) is -0.413. The maximum absolute atomic E-state index is 13.4. The van der Waals surface area contributed by atoms with Crippen LogP contribution in [-0.2, 0) is 4.79 Å². The lowest BCUT2D eigenvalue weighted by atomic mass is 9.38. The minimum absolute atomic E-state index is 0.0169. The van der Waals surface area contributed by atoms with E-state index in [0.717, 1.165) is 19.3 Å². The Morgan fingerprint density at radius 2 is 2.12 bits per heavy atom. The van der Waals surface area contributed by atoms with Crippen molar-refractivity contribution >= 4 is 34.6 Å². The zero-order chi connectivity index (χ0) is 18.4. The molecule has 0 atom stereocenters. The number of rotatable bonds is 7. The van der Waals surface area contributed by atoms with Crippen molar-refractivity contribution in [2.24, 2.45) is 5.41 Å². The van der Waals surface area contributed by atoms with Crippen molar-refractivity contribution in [2.45, 2.75) is 31.2 Å². The Morgan fingerprint density at radius 1 is 1.35 bits per heavy atom. The van der Waals surface area contributed by atoms with Gasteiger partial charge in [0.15, 0.2) is 5.78 Å². The van der Waals surface area contributed by atoms with Gasteiger partial charge in [-0.3, -0.25) is 14.6 Å². The highest BCUT2D eigenvalue weighted by Crippen LogP contribution is 2.69. The van der Waals surface area contributed by atoms with Crippen LogP contribution in [0.2, 0.25) is 5.02 Å². The fraction of sp³-hybridized carbons (Fsp3) is 0.389. The van der Waals surface area contributed by atoms with Crippen LogP contribution in [0.15, 0.2) is 29.9 Å². The SMILES string of the molecule is O=C(COc1ccc(Cl)c(F)c1)CC12CC(NC(=O)c3cncs3)(C1)C2. The summed E-state index contributed by atoms with van der Waals surface area (Å²) < 4.78 is 18.7. The minimum Gasteiger partial charge on any atom is -0.486 e. The lowest BCUT2D eigenvalue weighted by molar-refractivity contribution is -0.162. The molecule has 0 aliphatic heterocycles.